The van der Waals surface area contributed by atoms with Gasteiger partial charge in [-0.25, -0.2) is 18.8 Å². The highest BCUT2D eigenvalue weighted by Gasteiger charge is 2.77. The van der Waals surface area contributed by atoms with E-state index in [0.717, 1.165) is 0 Å². The van der Waals surface area contributed by atoms with Crippen molar-refractivity contribution in [1.29, 1.82) is 0 Å². The molecule has 3 saturated heterocycles. The van der Waals surface area contributed by atoms with E-state index in [4.69, 9.17) is 37.9 Å². The van der Waals surface area contributed by atoms with Gasteiger partial charge in [0.05, 0.1) is 43.4 Å². The minimum Gasteiger partial charge on any atom is -0.456 e. The maximum atomic E-state index is 14.4. The topological polar surface area (TPSA) is 198 Å². The summed E-state index contributed by atoms with van der Waals surface area (Å²) in [5.74, 6) is -3.43. The summed E-state index contributed by atoms with van der Waals surface area (Å²) in [6.07, 6.45) is -8.19. The van der Waals surface area contributed by atoms with E-state index in [1.165, 1.54) is 6.92 Å². The van der Waals surface area contributed by atoms with Crippen molar-refractivity contribution in [3.8, 4) is 0 Å². The molecule has 0 aromatic heterocycles. The molecule has 3 heterocycles. The summed E-state index contributed by atoms with van der Waals surface area (Å²) in [5, 5.41) is 28.4. The molecule has 17 heteroatoms. The quantitative estimate of drug-likeness (QED) is 0.154. The third-order valence-electron chi connectivity index (χ3n) is 14.6. The first kappa shape index (κ1) is 47.3. The lowest BCUT2D eigenvalue weighted by Gasteiger charge is -2.68. The molecule has 0 spiro atoms. The highest BCUT2D eigenvalue weighted by Crippen LogP contribution is 2.66. The fraction of sp³-hybridized carbons (Fsp3) is 0.739. The molecule has 350 valence electrons. The lowest BCUT2D eigenvalue weighted by atomic mass is 9.45. The molecule has 2 bridgehead atoms. The number of halogens is 1. The maximum Gasteiger partial charge on any atom is 0.407 e. The van der Waals surface area contributed by atoms with E-state index in [1.54, 1.807) is 76.9 Å². The van der Waals surface area contributed by atoms with Crippen LogP contribution in [0, 0.1) is 22.2 Å². The van der Waals surface area contributed by atoms with Crippen LogP contribution in [0.15, 0.2) is 41.5 Å². The Kier molecular flexibility index (Phi) is 12.7. The van der Waals surface area contributed by atoms with Gasteiger partial charge < -0.3 is 53.4 Å². The molecular weight excluding hydrogens is 824 g/mol. The van der Waals surface area contributed by atoms with Gasteiger partial charge in [-0.2, -0.15) is 0 Å². The summed E-state index contributed by atoms with van der Waals surface area (Å²) >= 11 is 0. The van der Waals surface area contributed by atoms with Crippen molar-refractivity contribution in [1.82, 2.24) is 10.2 Å². The van der Waals surface area contributed by atoms with Crippen molar-refractivity contribution >= 4 is 24.0 Å². The second kappa shape index (κ2) is 16.9. The molecule has 5 fully saturated rings. The van der Waals surface area contributed by atoms with Gasteiger partial charge in [-0.3, -0.25) is 9.69 Å². The summed E-state index contributed by atoms with van der Waals surface area (Å²) in [5.41, 5.74) is -6.36. The number of nitrogens with one attached hydrogen (secondary N) is 1. The predicted octanol–water partition coefficient (Wildman–Crippen LogP) is 4.03. The first-order valence-electron chi connectivity index (χ1n) is 21.9. The van der Waals surface area contributed by atoms with Gasteiger partial charge in [-0.1, -0.05) is 45.9 Å². The number of aliphatic hydroxyl groups is 2. The molecule has 3 aliphatic carbocycles. The first-order valence-corrected chi connectivity index (χ1v) is 21.9. The van der Waals surface area contributed by atoms with Crippen LogP contribution in [0.4, 0.5) is 9.18 Å². The number of hydrogen-bond donors (Lipinski definition) is 3. The fourth-order valence-corrected chi connectivity index (χ4v) is 11.3. The molecule has 4 unspecified atom stereocenters. The second-order valence-electron chi connectivity index (χ2n) is 20.5. The Bertz CT molecular complexity index is 1950. The van der Waals surface area contributed by atoms with Crippen LogP contribution in [-0.4, -0.2) is 152 Å². The predicted molar refractivity (Wildman–Crippen MR) is 222 cm³/mol. The van der Waals surface area contributed by atoms with Crippen molar-refractivity contribution in [3.05, 3.63) is 47.0 Å². The van der Waals surface area contributed by atoms with Crippen LogP contribution in [-0.2, 0) is 47.5 Å². The number of ether oxygens (including phenoxy) is 8. The number of alkyl halides is 1. The highest BCUT2D eigenvalue weighted by molar-refractivity contribution is 5.89. The standard InChI is InChI=1S/C46H65FN2O14/c1-25-28(58-39(53)32(51)35(43(8)22-56-23-43)48-40(54)63-41(3,4)5)20-46(55)37(61-38(52)27-14-12-11-13-15-27)34-44(9,17-16-29-45(34,24-57-29)62-26(2)50)36-33(31(25)42(46,6)7)59-30(60-36)21-49(10)19-18-47/h11-15,28-30,32-37,51,55H,16-24H2,1-10H3,(H,48,54)/t28-,29?,30+,32+,33?,34?,35+,36?,37-,44+,45-,46+/m0/s1. The van der Waals surface area contributed by atoms with Crippen LogP contribution in [0.5, 0.6) is 0 Å². The monoisotopic (exact) mass is 888 g/mol. The highest BCUT2D eigenvalue weighted by atomic mass is 19.1. The molecule has 3 N–H and O–H groups in total. The Balaban J connectivity index is 1.37. The Hall–Kier alpha value is -3.71. The van der Waals surface area contributed by atoms with Crippen molar-refractivity contribution < 1.29 is 71.7 Å². The minimum atomic E-state index is -2.10. The van der Waals surface area contributed by atoms with Crippen molar-refractivity contribution in [2.24, 2.45) is 22.2 Å². The van der Waals surface area contributed by atoms with Gasteiger partial charge in [0.1, 0.15) is 42.3 Å². The Morgan fingerprint density at radius 2 is 1.71 bits per heavy atom. The van der Waals surface area contributed by atoms with Crippen molar-refractivity contribution in [2.45, 2.75) is 147 Å². The van der Waals surface area contributed by atoms with E-state index in [9.17, 15) is 33.8 Å². The van der Waals surface area contributed by atoms with E-state index in [1.807, 2.05) is 20.8 Å². The molecule has 12 atom stereocenters. The van der Waals surface area contributed by atoms with Crippen molar-refractivity contribution in [2.75, 3.05) is 46.6 Å². The number of likely N-dealkylation sites (N-methyl/N-ethyl adjacent to an activating group) is 1. The zero-order chi connectivity index (χ0) is 46.1. The van der Waals surface area contributed by atoms with E-state index >= 15 is 0 Å². The summed E-state index contributed by atoms with van der Waals surface area (Å²) in [7, 11) is 1.75. The SMILES string of the molecule is CC(=O)O[C@@]12COC1CC[C@@]1(C)C3O[C@H](CN(C)CCF)OC3C3=C(C)[C@@H](OC(=O)[C@H](O)[C@@H](NC(=O)OC(C)(C)C)C4(C)COC4)C[C@@](O)([C@@H](OC(=O)c4ccccc4)C12)C3(C)C. The number of carbonyl (C=O) groups is 4. The number of benzene rings is 1. The molecule has 1 aromatic carbocycles. The van der Waals surface area contributed by atoms with Crippen LogP contribution in [0.25, 0.3) is 0 Å². The average Bonchev–Trinajstić information content (AvgIpc) is 3.58. The van der Waals surface area contributed by atoms with Crippen LogP contribution in [0.2, 0.25) is 0 Å². The van der Waals surface area contributed by atoms with Gasteiger partial charge in [-0.05, 0) is 70.9 Å². The van der Waals surface area contributed by atoms with Crippen LogP contribution in [0.1, 0.15) is 91.9 Å². The van der Waals surface area contributed by atoms with Crippen LogP contribution >= 0.6 is 0 Å². The number of aliphatic hydroxyl groups excluding tert-OH is 1. The molecule has 1 aromatic rings. The van der Waals surface area contributed by atoms with Gasteiger partial charge in [0.15, 0.2) is 18.0 Å². The van der Waals surface area contributed by atoms with E-state index < -0.39 is 119 Å². The number of rotatable bonds is 12. The van der Waals surface area contributed by atoms with E-state index in [0.29, 0.717) is 24.0 Å². The third-order valence-corrected chi connectivity index (χ3v) is 14.6. The number of fused-ring (bicyclic) bond motifs is 8. The molecule has 3 aliphatic heterocycles. The summed E-state index contributed by atoms with van der Waals surface area (Å²) in [4.78, 5) is 56.8. The molecule has 7 rings (SSSR count). The summed E-state index contributed by atoms with van der Waals surface area (Å²) in [6, 6.07) is 7.13. The van der Waals surface area contributed by atoms with Gasteiger partial charge in [-0.15, -0.1) is 0 Å². The molecule has 6 aliphatic rings. The maximum absolute atomic E-state index is 14.4. The molecule has 0 radical (unpaired) electrons. The molecular formula is C46H65FN2O14. The Morgan fingerprint density at radius 1 is 1.03 bits per heavy atom. The molecule has 16 nitrogen and oxygen atoms in total. The summed E-state index contributed by atoms with van der Waals surface area (Å²) in [6.45, 7) is 15.4. The molecule has 63 heavy (non-hydrogen) atoms. The number of alkyl carbamates (subject to hydrolysis) is 1. The lowest BCUT2D eigenvalue weighted by molar-refractivity contribution is -0.345. The normalized spacial score (nSPS) is 36.1. The number of amides is 1. The zero-order valence-electron chi connectivity index (χ0n) is 38.1. The Labute approximate surface area is 368 Å². The largest absolute Gasteiger partial charge is 0.456 e. The van der Waals surface area contributed by atoms with Crippen molar-refractivity contribution in [3.63, 3.8) is 0 Å². The number of hydrogen-bond acceptors (Lipinski definition) is 15. The Morgan fingerprint density at radius 3 is 2.29 bits per heavy atom. The lowest BCUT2D eigenvalue weighted by Crippen LogP contribution is -2.79. The molecule has 1 amide bonds. The average molecular weight is 889 g/mol. The molecule has 2 saturated carbocycles. The first-order chi connectivity index (χ1) is 29.4. The zero-order valence-corrected chi connectivity index (χ0v) is 38.1. The van der Waals surface area contributed by atoms with Crippen LogP contribution < -0.4 is 5.32 Å². The van der Waals surface area contributed by atoms with Gasteiger partial charge in [0.2, 0.25) is 0 Å². The van der Waals surface area contributed by atoms with E-state index in [-0.39, 0.29) is 44.9 Å². The third kappa shape index (κ3) is 8.29. The van der Waals surface area contributed by atoms with Crippen LogP contribution in [0.3, 0.4) is 0 Å². The van der Waals surface area contributed by atoms with Gasteiger partial charge in [0.25, 0.3) is 0 Å². The minimum absolute atomic E-state index is 0.0604. The fourth-order valence-electron chi connectivity index (χ4n) is 11.3. The number of nitrogens with zero attached hydrogens (tertiary/aromatic N) is 1. The van der Waals surface area contributed by atoms with Gasteiger partial charge in [0, 0.05) is 42.7 Å². The number of carbonyl (C=O) groups excluding carboxylic acids is 4. The smallest absolute Gasteiger partial charge is 0.407 e. The van der Waals surface area contributed by atoms with E-state index in [2.05, 4.69) is 5.32 Å². The second-order valence-corrected chi connectivity index (χ2v) is 20.5. The number of esters is 3. The summed E-state index contributed by atoms with van der Waals surface area (Å²) < 4.78 is 63.7. The van der Waals surface area contributed by atoms with Gasteiger partial charge >= 0.3 is 24.0 Å².